The molecule has 0 spiro atoms. The van der Waals surface area contributed by atoms with E-state index in [1.54, 1.807) is 30.7 Å². The zero-order valence-corrected chi connectivity index (χ0v) is 14.7. The molecular weight excluding hydrogens is 324 g/mol. The number of amides is 1. The van der Waals surface area contributed by atoms with Crippen molar-refractivity contribution in [3.8, 4) is 5.88 Å². The van der Waals surface area contributed by atoms with Crippen molar-refractivity contribution in [3.05, 3.63) is 34.7 Å². The van der Waals surface area contributed by atoms with Crippen LogP contribution in [0.3, 0.4) is 0 Å². The van der Waals surface area contributed by atoms with Gasteiger partial charge in [0.25, 0.3) is 0 Å². The largest absolute Gasteiger partial charge is 0.481 e. The second-order valence-electron chi connectivity index (χ2n) is 5.70. The summed E-state index contributed by atoms with van der Waals surface area (Å²) in [5.41, 5.74) is 0. The first-order chi connectivity index (χ1) is 11.8. The molecule has 0 aliphatic carbocycles. The van der Waals surface area contributed by atoms with Gasteiger partial charge in [-0.3, -0.25) is 4.79 Å². The SMILES string of the molecule is COc1ccnc(N2CCN(C(=O)CCCc3cccs3)CC2)n1. The quantitative estimate of drug-likeness (QED) is 0.803. The zero-order valence-electron chi connectivity index (χ0n) is 13.9. The normalized spacial score (nSPS) is 14.7. The van der Waals surface area contributed by atoms with Crippen LogP contribution in [-0.2, 0) is 11.2 Å². The highest BCUT2D eigenvalue weighted by Gasteiger charge is 2.22. The van der Waals surface area contributed by atoms with Crippen LogP contribution in [0, 0.1) is 0 Å². The Kier molecular flexibility index (Phi) is 5.63. The molecule has 1 saturated heterocycles. The maximum absolute atomic E-state index is 12.3. The summed E-state index contributed by atoms with van der Waals surface area (Å²) < 4.78 is 5.14. The first-order valence-corrected chi connectivity index (χ1v) is 9.06. The molecule has 7 heteroatoms. The summed E-state index contributed by atoms with van der Waals surface area (Å²) in [6, 6.07) is 5.92. The molecule has 2 aromatic heterocycles. The van der Waals surface area contributed by atoms with Crippen LogP contribution in [0.25, 0.3) is 0 Å². The number of carbonyl (C=O) groups is 1. The molecule has 128 valence electrons. The Hall–Kier alpha value is -2.15. The topological polar surface area (TPSA) is 58.6 Å². The van der Waals surface area contributed by atoms with Crippen LogP contribution < -0.4 is 9.64 Å². The van der Waals surface area contributed by atoms with Crippen molar-refractivity contribution in [2.75, 3.05) is 38.2 Å². The number of nitrogens with zero attached hydrogens (tertiary/aromatic N) is 4. The Morgan fingerprint density at radius 2 is 2.12 bits per heavy atom. The fraction of sp³-hybridized carbons (Fsp3) is 0.471. The van der Waals surface area contributed by atoms with Gasteiger partial charge in [-0.25, -0.2) is 4.98 Å². The fourth-order valence-corrected chi connectivity index (χ4v) is 3.53. The van der Waals surface area contributed by atoms with Crippen LogP contribution in [0.15, 0.2) is 29.8 Å². The third-order valence-corrected chi connectivity index (χ3v) is 5.07. The number of ether oxygens (including phenoxy) is 1. The van der Waals surface area contributed by atoms with Crippen LogP contribution in [0.2, 0.25) is 0 Å². The smallest absolute Gasteiger partial charge is 0.228 e. The molecule has 0 N–H and O–H groups in total. The summed E-state index contributed by atoms with van der Waals surface area (Å²) in [5.74, 6) is 1.48. The van der Waals surface area contributed by atoms with Crippen LogP contribution in [0.4, 0.5) is 5.95 Å². The lowest BCUT2D eigenvalue weighted by molar-refractivity contribution is -0.131. The van der Waals surface area contributed by atoms with Gasteiger partial charge in [0, 0.05) is 49.7 Å². The number of aromatic nitrogens is 2. The van der Waals surface area contributed by atoms with Crippen molar-refractivity contribution in [2.24, 2.45) is 0 Å². The van der Waals surface area contributed by atoms with Crippen molar-refractivity contribution in [1.29, 1.82) is 0 Å². The van der Waals surface area contributed by atoms with Crippen LogP contribution in [0.5, 0.6) is 5.88 Å². The molecule has 0 bridgehead atoms. The molecule has 0 radical (unpaired) electrons. The lowest BCUT2D eigenvalue weighted by Crippen LogP contribution is -2.49. The van der Waals surface area contributed by atoms with Crippen molar-refractivity contribution in [3.63, 3.8) is 0 Å². The van der Waals surface area contributed by atoms with E-state index in [2.05, 4.69) is 32.4 Å². The Morgan fingerprint density at radius 3 is 2.83 bits per heavy atom. The first kappa shape index (κ1) is 16.7. The van der Waals surface area contributed by atoms with Gasteiger partial charge >= 0.3 is 0 Å². The standard InChI is InChI=1S/C17H22N4O2S/c1-23-15-7-8-18-17(19-15)21-11-9-20(10-12-21)16(22)6-2-4-14-5-3-13-24-14/h3,5,7-8,13H,2,4,6,9-12H2,1H3. The summed E-state index contributed by atoms with van der Waals surface area (Å²) in [5, 5.41) is 2.08. The van der Waals surface area contributed by atoms with Gasteiger partial charge in [-0.2, -0.15) is 4.98 Å². The summed E-state index contributed by atoms with van der Waals surface area (Å²) in [6.07, 6.45) is 4.22. The highest BCUT2D eigenvalue weighted by atomic mass is 32.1. The number of anilines is 1. The van der Waals surface area contributed by atoms with Gasteiger partial charge in [0.2, 0.25) is 17.7 Å². The van der Waals surface area contributed by atoms with E-state index in [9.17, 15) is 4.79 Å². The molecule has 3 rings (SSSR count). The molecule has 1 fully saturated rings. The molecule has 1 aliphatic rings. The van der Waals surface area contributed by atoms with E-state index in [0.717, 1.165) is 39.0 Å². The predicted octanol–water partition coefficient (Wildman–Crippen LogP) is 2.22. The number of thiophene rings is 1. The van der Waals surface area contributed by atoms with Crippen molar-refractivity contribution < 1.29 is 9.53 Å². The number of hydrogen-bond donors (Lipinski definition) is 0. The first-order valence-electron chi connectivity index (χ1n) is 8.18. The molecule has 1 amide bonds. The van der Waals surface area contributed by atoms with Crippen molar-refractivity contribution in [1.82, 2.24) is 14.9 Å². The molecule has 1 aliphatic heterocycles. The van der Waals surface area contributed by atoms with Crippen LogP contribution in [-0.4, -0.2) is 54.1 Å². The monoisotopic (exact) mass is 346 g/mol. The third-order valence-electron chi connectivity index (χ3n) is 4.14. The minimum absolute atomic E-state index is 0.248. The zero-order chi connectivity index (χ0) is 16.8. The van der Waals surface area contributed by atoms with Crippen molar-refractivity contribution in [2.45, 2.75) is 19.3 Å². The predicted molar refractivity (Wildman–Crippen MR) is 94.6 cm³/mol. The summed E-state index contributed by atoms with van der Waals surface area (Å²) >= 11 is 1.76. The second kappa shape index (κ2) is 8.10. The molecule has 24 heavy (non-hydrogen) atoms. The maximum Gasteiger partial charge on any atom is 0.228 e. The number of hydrogen-bond acceptors (Lipinski definition) is 6. The van der Waals surface area contributed by atoms with E-state index in [1.807, 2.05) is 4.90 Å². The average Bonchev–Trinajstić information content (AvgIpc) is 3.15. The van der Waals surface area contributed by atoms with Gasteiger partial charge in [0.15, 0.2) is 0 Å². The van der Waals surface area contributed by atoms with Gasteiger partial charge in [0.1, 0.15) is 0 Å². The fourth-order valence-electron chi connectivity index (χ4n) is 2.78. The van der Waals surface area contributed by atoms with Gasteiger partial charge < -0.3 is 14.5 Å². The van der Waals surface area contributed by atoms with Gasteiger partial charge in [-0.05, 0) is 24.3 Å². The molecule has 3 heterocycles. The Morgan fingerprint density at radius 1 is 1.29 bits per heavy atom. The van der Waals surface area contributed by atoms with Gasteiger partial charge in [-0.15, -0.1) is 11.3 Å². The lowest BCUT2D eigenvalue weighted by atomic mass is 10.2. The Labute approximate surface area is 146 Å². The number of rotatable bonds is 6. The minimum Gasteiger partial charge on any atom is -0.481 e. The molecule has 0 saturated carbocycles. The highest BCUT2D eigenvalue weighted by Crippen LogP contribution is 2.16. The van der Waals surface area contributed by atoms with Gasteiger partial charge in [-0.1, -0.05) is 6.07 Å². The Balaban J connectivity index is 1.44. The molecule has 0 aromatic carbocycles. The van der Waals surface area contributed by atoms with Gasteiger partial charge in [0.05, 0.1) is 7.11 Å². The van der Waals surface area contributed by atoms with Crippen LogP contribution in [0.1, 0.15) is 17.7 Å². The lowest BCUT2D eigenvalue weighted by Gasteiger charge is -2.34. The molecular formula is C17H22N4O2S. The van der Waals surface area contributed by atoms with E-state index in [4.69, 9.17) is 4.74 Å². The van der Waals surface area contributed by atoms with Crippen molar-refractivity contribution >= 4 is 23.2 Å². The summed E-state index contributed by atoms with van der Waals surface area (Å²) in [4.78, 5) is 26.4. The molecule has 0 atom stereocenters. The minimum atomic E-state index is 0.248. The molecule has 6 nitrogen and oxygen atoms in total. The molecule has 2 aromatic rings. The average molecular weight is 346 g/mol. The number of methoxy groups -OCH3 is 1. The van der Waals surface area contributed by atoms with E-state index >= 15 is 0 Å². The third kappa shape index (κ3) is 4.23. The van der Waals surface area contributed by atoms with E-state index in [1.165, 1.54) is 4.88 Å². The van der Waals surface area contributed by atoms with E-state index < -0.39 is 0 Å². The summed E-state index contributed by atoms with van der Waals surface area (Å²) in [6.45, 7) is 2.95. The number of carbonyl (C=O) groups excluding carboxylic acids is 1. The second-order valence-corrected chi connectivity index (χ2v) is 6.73. The highest BCUT2D eigenvalue weighted by molar-refractivity contribution is 7.09. The maximum atomic E-state index is 12.3. The Bertz CT molecular complexity index is 654. The van der Waals surface area contributed by atoms with E-state index in [-0.39, 0.29) is 5.91 Å². The number of piperazine rings is 1. The molecule has 0 unspecified atom stereocenters. The van der Waals surface area contributed by atoms with Crippen LogP contribution >= 0.6 is 11.3 Å². The summed E-state index contributed by atoms with van der Waals surface area (Å²) in [7, 11) is 1.60. The number of aryl methyl sites for hydroxylation is 1. The van der Waals surface area contributed by atoms with E-state index in [0.29, 0.717) is 18.2 Å².